The molecule has 2 nitrogen and oxygen atoms in total. The maximum Gasteiger partial charge on any atom is 0.00925 e. The zero-order valence-corrected chi connectivity index (χ0v) is 13.0. The molecule has 2 atom stereocenters. The van der Waals surface area contributed by atoms with E-state index in [-0.39, 0.29) is 5.41 Å². The van der Waals surface area contributed by atoms with Crippen molar-refractivity contribution in [3.05, 3.63) is 0 Å². The Kier molecular flexibility index (Phi) is 6.65. The first-order valence-electron chi connectivity index (χ1n) is 7.89. The van der Waals surface area contributed by atoms with E-state index in [4.69, 9.17) is 5.73 Å². The quantitative estimate of drug-likeness (QED) is 0.733. The molecule has 0 bridgehead atoms. The summed E-state index contributed by atoms with van der Waals surface area (Å²) in [5.41, 5.74) is 6.10. The minimum atomic E-state index is 0.254. The Labute approximate surface area is 114 Å². The average molecular weight is 254 g/mol. The van der Waals surface area contributed by atoms with Crippen molar-refractivity contribution in [1.82, 2.24) is 4.90 Å². The molecule has 1 aliphatic carbocycles. The van der Waals surface area contributed by atoms with E-state index in [1.165, 1.54) is 44.9 Å². The van der Waals surface area contributed by atoms with Crippen molar-refractivity contribution in [1.29, 1.82) is 0 Å². The highest BCUT2D eigenvalue weighted by Gasteiger charge is 2.25. The first-order chi connectivity index (χ1) is 8.48. The van der Waals surface area contributed by atoms with Crippen LogP contribution in [0.4, 0.5) is 0 Å². The molecule has 1 saturated carbocycles. The Hall–Kier alpha value is -0.0800. The molecule has 0 aromatic rings. The largest absolute Gasteiger partial charge is 0.330 e. The Morgan fingerprint density at radius 1 is 1.17 bits per heavy atom. The van der Waals surface area contributed by atoms with Crippen LogP contribution in [0.15, 0.2) is 0 Å². The van der Waals surface area contributed by atoms with Crippen molar-refractivity contribution in [2.24, 2.45) is 17.1 Å². The summed E-state index contributed by atoms with van der Waals surface area (Å²) in [6.07, 6.45) is 9.88. The highest BCUT2D eigenvalue weighted by Crippen LogP contribution is 2.29. The summed E-state index contributed by atoms with van der Waals surface area (Å²) in [6.45, 7) is 8.79. The van der Waals surface area contributed by atoms with Gasteiger partial charge in [-0.3, -0.25) is 0 Å². The summed E-state index contributed by atoms with van der Waals surface area (Å²) in [5, 5.41) is 0. The van der Waals surface area contributed by atoms with Crippen molar-refractivity contribution >= 4 is 0 Å². The molecule has 0 aliphatic heterocycles. The highest BCUT2D eigenvalue weighted by atomic mass is 15.1. The molecule has 0 aromatic heterocycles. The van der Waals surface area contributed by atoms with Crippen LogP contribution in [0, 0.1) is 11.3 Å². The Morgan fingerprint density at radius 2 is 1.89 bits per heavy atom. The minimum absolute atomic E-state index is 0.254. The predicted molar refractivity (Wildman–Crippen MR) is 80.7 cm³/mol. The molecule has 0 spiro atoms. The second kappa shape index (κ2) is 7.49. The monoisotopic (exact) mass is 254 g/mol. The first kappa shape index (κ1) is 16.0. The molecule has 1 aliphatic rings. The van der Waals surface area contributed by atoms with Gasteiger partial charge in [0.25, 0.3) is 0 Å². The Morgan fingerprint density at radius 3 is 2.50 bits per heavy atom. The fourth-order valence-electron chi connectivity index (χ4n) is 3.37. The maximum absolute atomic E-state index is 5.85. The summed E-state index contributed by atoms with van der Waals surface area (Å²) >= 11 is 0. The summed E-state index contributed by atoms with van der Waals surface area (Å²) in [6, 6.07) is 0.790. The SMILES string of the molecule is CCCC1CCCC(N(C)CC(C)(C)CN)CC1. The summed E-state index contributed by atoms with van der Waals surface area (Å²) in [4.78, 5) is 2.57. The molecule has 1 rings (SSSR count). The topological polar surface area (TPSA) is 29.3 Å². The minimum Gasteiger partial charge on any atom is -0.330 e. The van der Waals surface area contributed by atoms with Crippen LogP contribution >= 0.6 is 0 Å². The van der Waals surface area contributed by atoms with Gasteiger partial charge in [0.2, 0.25) is 0 Å². The molecule has 0 radical (unpaired) electrons. The number of hydrogen-bond acceptors (Lipinski definition) is 2. The Bertz CT molecular complexity index is 225. The van der Waals surface area contributed by atoms with Crippen LogP contribution in [0.5, 0.6) is 0 Å². The average Bonchev–Trinajstić information content (AvgIpc) is 2.55. The summed E-state index contributed by atoms with van der Waals surface area (Å²) < 4.78 is 0. The second-order valence-corrected chi connectivity index (χ2v) is 7.10. The lowest BCUT2D eigenvalue weighted by Crippen LogP contribution is -2.41. The summed E-state index contributed by atoms with van der Waals surface area (Å²) in [7, 11) is 2.29. The van der Waals surface area contributed by atoms with Crippen LogP contribution < -0.4 is 5.73 Å². The van der Waals surface area contributed by atoms with Crippen LogP contribution in [-0.4, -0.2) is 31.1 Å². The lowest BCUT2D eigenvalue weighted by atomic mass is 9.91. The molecular formula is C16H34N2. The van der Waals surface area contributed by atoms with Crippen LogP contribution in [0.3, 0.4) is 0 Å². The maximum atomic E-state index is 5.85. The lowest BCUT2D eigenvalue weighted by Gasteiger charge is -2.34. The highest BCUT2D eigenvalue weighted by molar-refractivity contribution is 4.80. The molecule has 108 valence electrons. The third-order valence-corrected chi connectivity index (χ3v) is 4.61. The van der Waals surface area contributed by atoms with Gasteiger partial charge < -0.3 is 10.6 Å². The number of hydrogen-bond donors (Lipinski definition) is 1. The first-order valence-corrected chi connectivity index (χ1v) is 7.89. The van der Waals surface area contributed by atoms with Gasteiger partial charge in [0.1, 0.15) is 0 Å². The van der Waals surface area contributed by atoms with E-state index in [1.807, 2.05) is 0 Å². The van der Waals surface area contributed by atoms with Gasteiger partial charge >= 0.3 is 0 Å². The molecule has 1 fully saturated rings. The van der Waals surface area contributed by atoms with E-state index in [9.17, 15) is 0 Å². The van der Waals surface area contributed by atoms with Gasteiger partial charge in [-0.1, -0.05) is 46.5 Å². The number of nitrogens with two attached hydrogens (primary N) is 1. The normalized spacial score (nSPS) is 26.3. The molecule has 0 aromatic carbocycles. The summed E-state index contributed by atoms with van der Waals surface area (Å²) in [5.74, 6) is 0.996. The van der Waals surface area contributed by atoms with E-state index >= 15 is 0 Å². The molecule has 2 unspecified atom stereocenters. The van der Waals surface area contributed by atoms with Gasteiger partial charge in [-0.15, -0.1) is 0 Å². The van der Waals surface area contributed by atoms with Crippen LogP contribution in [-0.2, 0) is 0 Å². The second-order valence-electron chi connectivity index (χ2n) is 7.10. The van der Waals surface area contributed by atoms with Crippen LogP contribution in [0.2, 0.25) is 0 Å². The van der Waals surface area contributed by atoms with E-state index in [0.717, 1.165) is 25.0 Å². The molecule has 18 heavy (non-hydrogen) atoms. The van der Waals surface area contributed by atoms with E-state index in [1.54, 1.807) is 0 Å². The van der Waals surface area contributed by atoms with Gasteiger partial charge in [0.05, 0.1) is 0 Å². The van der Waals surface area contributed by atoms with Crippen LogP contribution in [0.25, 0.3) is 0 Å². The van der Waals surface area contributed by atoms with Gasteiger partial charge in [0, 0.05) is 12.6 Å². The van der Waals surface area contributed by atoms with E-state index < -0.39 is 0 Å². The fourth-order valence-corrected chi connectivity index (χ4v) is 3.37. The molecule has 0 heterocycles. The van der Waals surface area contributed by atoms with Crippen molar-refractivity contribution < 1.29 is 0 Å². The van der Waals surface area contributed by atoms with Gasteiger partial charge in [0.15, 0.2) is 0 Å². The van der Waals surface area contributed by atoms with Crippen molar-refractivity contribution in [3.8, 4) is 0 Å². The molecular weight excluding hydrogens is 220 g/mol. The van der Waals surface area contributed by atoms with E-state index in [0.29, 0.717) is 0 Å². The molecule has 2 heteroatoms. The smallest absolute Gasteiger partial charge is 0.00925 e. The zero-order chi connectivity index (χ0) is 13.6. The third-order valence-electron chi connectivity index (χ3n) is 4.61. The Balaban J connectivity index is 2.42. The third kappa shape index (κ3) is 5.27. The van der Waals surface area contributed by atoms with Crippen molar-refractivity contribution in [3.63, 3.8) is 0 Å². The van der Waals surface area contributed by atoms with Gasteiger partial charge in [-0.25, -0.2) is 0 Å². The number of rotatable bonds is 6. The molecule has 0 saturated heterocycles. The fraction of sp³-hybridized carbons (Fsp3) is 1.00. The zero-order valence-electron chi connectivity index (χ0n) is 13.0. The lowest BCUT2D eigenvalue weighted by molar-refractivity contribution is 0.151. The van der Waals surface area contributed by atoms with E-state index in [2.05, 4.69) is 32.7 Å². The standard InChI is InChI=1S/C16H34N2/c1-5-7-14-8-6-9-15(11-10-14)18(4)13-16(2,3)12-17/h14-15H,5-13,17H2,1-4H3. The predicted octanol–water partition coefficient (Wildman–Crippen LogP) is 3.65. The van der Waals surface area contributed by atoms with Crippen molar-refractivity contribution in [2.45, 2.75) is 71.8 Å². The van der Waals surface area contributed by atoms with Crippen molar-refractivity contribution in [2.75, 3.05) is 20.1 Å². The van der Waals surface area contributed by atoms with Crippen LogP contribution in [0.1, 0.15) is 65.7 Å². The van der Waals surface area contributed by atoms with Gasteiger partial charge in [-0.2, -0.15) is 0 Å². The molecule has 0 amide bonds. The number of nitrogens with zero attached hydrogens (tertiary/aromatic N) is 1. The van der Waals surface area contributed by atoms with Gasteiger partial charge in [-0.05, 0) is 44.2 Å². The molecule has 2 N–H and O–H groups in total.